The molecule has 2 rings (SSSR count). The molecule has 0 radical (unpaired) electrons. The van der Waals surface area contributed by atoms with Crippen LogP contribution >= 0.6 is 0 Å². The molecule has 3 heteroatoms. The van der Waals surface area contributed by atoms with Crippen LogP contribution in [0.5, 0.6) is 5.75 Å². The minimum absolute atomic E-state index is 0.657. The van der Waals surface area contributed by atoms with Crippen molar-refractivity contribution in [3.8, 4) is 5.75 Å². The Morgan fingerprint density at radius 2 is 1.47 bits per heavy atom. The van der Waals surface area contributed by atoms with E-state index in [4.69, 9.17) is 16.2 Å². The maximum absolute atomic E-state index is 5.96. The van der Waals surface area contributed by atoms with Gasteiger partial charge in [0.05, 0.1) is 0 Å². The van der Waals surface area contributed by atoms with Crippen molar-refractivity contribution in [2.75, 3.05) is 0 Å². The van der Waals surface area contributed by atoms with Crippen molar-refractivity contribution in [3.05, 3.63) is 65.7 Å². The van der Waals surface area contributed by atoms with Crippen molar-refractivity contribution < 1.29 is 4.74 Å². The molecule has 2 aromatic rings. The number of nitrogens with two attached hydrogens (primary N) is 2. The fourth-order valence-corrected chi connectivity index (χ4v) is 1.56. The molecule has 0 amide bonds. The van der Waals surface area contributed by atoms with Crippen LogP contribution in [-0.2, 0) is 5.85 Å². The Hall–Kier alpha value is -1.84. The molecular formula is C14H16N2O. The first-order chi connectivity index (χ1) is 8.08. The van der Waals surface area contributed by atoms with E-state index in [9.17, 15) is 0 Å². The second-order valence-corrected chi connectivity index (χ2v) is 4.07. The molecule has 0 bridgehead atoms. The highest BCUT2D eigenvalue weighted by Crippen LogP contribution is 2.19. The molecule has 0 spiro atoms. The van der Waals surface area contributed by atoms with Gasteiger partial charge in [-0.05, 0) is 19.1 Å². The van der Waals surface area contributed by atoms with Gasteiger partial charge >= 0.3 is 0 Å². The Labute approximate surface area is 101 Å². The first-order valence-electron chi connectivity index (χ1n) is 5.47. The molecule has 0 fully saturated rings. The zero-order valence-corrected chi connectivity index (χ0v) is 9.76. The van der Waals surface area contributed by atoms with Crippen LogP contribution in [-0.4, -0.2) is 0 Å². The molecule has 0 unspecified atom stereocenters. The monoisotopic (exact) mass is 228 g/mol. The van der Waals surface area contributed by atoms with Gasteiger partial charge in [0.25, 0.3) is 0 Å². The predicted molar refractivity (Wildman–Crippen MR) is 68.3 cm³/mol. The fraction of sp³-hybridized carbons (Fsp3) is 0.143. The highest BCUT2D eigenvalue weighted by Gasteiger charge is 2.23. The maximum atomic E-state index is 5.96. The zero-order valence-electron chi connectivity index (χ0n) is 9.76. The summed E-state index contributed by atoms with van der Waals surface area (Å²) in [6.45, 7) is 2.01. The molecule has 0 atom stereocenters. The molecule has 0 heterocycles. The predicted octanol–water partition coefficient (Wildman–Crippen LogP) is 2.10. The number of ether oxygens (including phenoxy) is 1. The van der Waals surface area contributed by atoms with E-state index < -0.39 is 5.85 Å². The molecule has 4 N–H and O–H groups in total. The summed E-state index contributed by atoms with van der Waals surface area (Å²) in [6, 6.07) is 17.0. The summed E-state index contributed by atoms with van der Waals surface area (Å²) in [6.07, 6.45) is 0. The summed E-state index contributed by atoms with van der Waals surface area (Å²) in [4.78, 5) is 0. The minimum Gasteiger partial charge on any atom is -0.456 e. The van der Waals surface area contributed by atoms with E-state index in [2.05, 4.69) is 0 Å². The summed E-state index contributed by atoms with van der Waals surface area (Å²) < 4.78 is 5.60. The third-order valence-corrected chi connectivity index (χ3v) is 2.53. The minimum atomic E-state index is -1.31. The number of aryl methyl sites for hydroxylation is 1. The lowest BCUT2D eigenvalue weighted by atomic mass is 10.1. The van der Waals surface area contributed by atoms with Crippen LogP contribution in [0.1, 0.15) is 11.1 Å². The Kier molecular flexibility index (Phi) is 3.13. The Bertz CT molecular complexity index is 477. The van der Waals surface area contributed by atoms with Crippen LogP contribution in [0.25, 0.3) is 0 Å². The second kappa shape index (κ2) is 4.57. The maximum Gasteiger partial charge on any atom is 0.239 e. The van der Waals surface area contributed by atoms with Crippen LogP contribution in [0.4, 0.5) is 0 Å². The van der Waals surface area contributed by atoms with Crippen molar-refractivity contribution in [1.82, 2.24) is 0 Å². The molecule has 3 nitrogen and oxygen atoms in total. The van der Waals surface area contributed by atoms with Crippen LogP contribution < -0.4 is 16.2 Å². The van der Waals surface area contributed by atoms with Crippen molar-refractivity contribution >= 4 is 0 Å². The highest BCUT2D eigenvalue weighted by molar-refractivity contribution is 5.29. The standard InChI is InChI=1S/C14H16N2O/c1-11-7-9-13(10-8-11)17-14(15,16)12-5-3-2-4-6-12/h2-10H,15-16H2,1H3. The van der Waals surface area contributed by atoms with Crippen LogP contribution in [0, 0.1) is 6.92 Å². The van der Waals surface area contributed by atoms with E-state index in [-0.39, 0.29) is 0 Å². The van der Waals surface area contributed by atoms with Crippen molar-refractivity contribution in [2.45, 2.75) is 12.8 Å². The van der Waals surface area contributed by atoms with Crippen LogP contribution in [0.15, 0.2) is 54.6 Å². The zero-order chi connectivity index (χ0) is 12.3. The Morgan fingerprint density at radius 3 is 2.06 bits per heavy atom. The summed E-state index contributed by atoms with van der Waals surface area (Å²) in [5.41, 5.74) is 13.8. The lowest BCUT2D eigenvalue weighted by Gasteiger charge is -2.26. The van der Waals surface area contributed by atoms with E-state index >= 15 is 0 Å². The van der Waals surface area contributed by atoms with Crippen LogP contribution in [0.3, 0.4) is 0 Å². The average molecular weight is 228 g/mol. The lowest BCUT2D eigenvalue weighted by molar-refractivity contribution is 0.0807. The van der Waals surface area contributed by atoms with E-state index in [1.807, 2.05) is 61.5 Å². The average Bonchev–Trinajstić information content (AvgIpc) is 2.33. The smallest absolute Gasteiger partial charge is 0.239 e. The normalized spacial score (nSPS) is 11.2. The summed E-state index contributed by atoms with van der Waals surface area (Å²) >= 11 is 0. The fourth-order valence-electron chi connectivity index (χ4n) is 1.56. The van der Waals surface area contributed by atoms with Gasteiger partial charge in [-0.3, -0.25) is 11.5 Å². The van der Waals surface area contributed by atoms with E-state index in [0.717, 1.165) is 11.1 Å². The third-order valence-electron chi connectivity index (χ3n) is 2.53. The topological polar surface area (TPSA) is 61.3 Å². The summed E-state index contributed by atoms with van der Waals surface area (Å²) in [5.74, 6) is -0.652. The molecule has 0 aromatic heterocycles. The van der Waals surface area contributed by atoms with Gasteiger partial charge in [-0.2, -0.15) is 0 Å². The van der Waals surface area contributed by atoms with Crippen molar-refractivity contribution in [1.29, 1.82) is 0 Å². The number of benzene rings is 2. The first-order valence-corrected chi connectivity index (χ1v) is 5.47. The second-order valence-electron chi connectivity index (χ2n) is 4.07. The molecule has 0 saturated carbocycles. The Morgan fingerprint density at radius 1 is 0.882 bits per heavy atom. The molecule has 2 aromatic carbocycles. The summed E-state index contributed by atoms with van der Waals surface area (Å²) in [7, 11) is 0. The Balaban J connectivity index is 2.20. The van der Waals surface area contributed by atoms with Gasteiger partial charge in [0.15, 0.2) is 0 Å². The number of hydrogen-bond acceptors (Lipinski definition) is 3. The highest BCUT2D eigenvalue weighted by atomic mass is 16.5. The van der Waals surface area contributed by atoms with E-state index in [1.54, 1.807) is 0 Å². The van der Waals surface area contributed by atoms with Gasteiger partial charge in [-0.1, -0.05) is 48.0 Å². The molecule has 17 heavy (non-hydrogen) atoms. The third kappa shape index (κ3) is 2.84. The molecular weight excluding hydrogens is 212 g/mol. The molecule has 0 aliphatic rings. The van der Waals surface area contributed by atoms with E-state index in [0.29, 0.717) is 5.75 Å². The number of hydrogen-bond donors (Lipinski definition) is 2. The first kappa shape index (κ1) is 11.6. The van der Waals surface area contributed by atoms with Gasteiger partial charge in [0.2, 0.25) is 5.85 Å². The number of rotatable bonds is 3. The van der Waals surface area contributed by atoms with Gasteiger partial charge in [-0.25, -0.2) is 0 Å². The van der Waals surface area contributed by atoms with E-state index in [1.165, 1.54) is 0 Å². The molecule has 0 aliphatic heterocycles. The van der Waals surface area contributed by atoms with Gasteiger partial charge in [-0.15, -0.1) is 0 Å². The van der Waals surface area contributed by atoms with Crippen LogP contribution in [0.2, 0.25) is 0 Å². The SMILES string of the molecule is Cc1ccc(OC(N)(N)c2ccccc2)cc1. The van der Waals surface area contributed by atoms with Gasteiger partial charge in [0, 0.05) is 5.56 Å². The van der Waals surface area contributed by atoms with Gasteiger partial charge in [0.1, 0.15) is 5.75 Å². The van der Waals surface area contributed by atoms with Crippen molar-refractivity contribution in [2.24, 2.45) is 11.5 Å². The largest absolute Gasteiger partial charge is 0.456 e. The molecule has 0 saturated heterocycles. The van der Waals surface area contributed by atoms with Crippen molar-refractivity contribution in [3.63, 3.8) is 0 Å². The quantitative estimate of drug-likeness (QED) is 0.791. The van der Waals surface area contributed by atoms with Gasteiger partial charge < -0.3 is 4.74 Å². The molecule has 88 valence electrons. The molecule has 0 aliphatic carbocycles. The summed E-state index contributed by atoms with van der Waals surface area (Å²) in [5, 5.41) is 0. The lowest BCUT2D eigenvalue weighted by Crippen LogP contribution is -2.51.